The molecule has 0 fully saturated rings. The molecule has 0 aliphatic carbocycles. The zero-order valence-corrected chi connectivity index (χ0v) is 37.5. The van der Waals surface area contributed by atoms with Crippen molar-refractivity contribution in [2.45, 2.75) is 36.9 Å². The van der Waals surface area contributed by atoms with E-state index in [1.807, 2.05) is 0 Å². The molecule has 0 rings (SSSR count). The number of ether oxygens (including phenoxy) is 2. The third-order valence-corrected chi connectivity index (χ3v) is 3.08. The molecule has 15 nitrogen and oxygen atoms in total. The van der Waals surface area contributed by atoms with Crippen molar-refractivity contribution < 1.29 is 265 Å². The van der Waals surface area contributed by atoms with Gasteiger partial charge in [-0.05, 0) is 0 Å². The van der Waals surface area contributed by atoms with E-state index in [1.165, 1.54) is 0 Å². The second kappa shape index (κ2) is 31.0. The molecule has 0 amide bonds. The molecule has 176 valence electrons. The number of carbonyl (C=O) groups excluding carboxylic acids is 1. The zero-order chi connectivity index (χ0) is 22.3. The summed E-state index contributed by atoms with van der Waals surface area (Å²) in [6.07, 6.45) is -8.62. The number of carbonyl (C=O) groups is 7. The molecule has 36 heavy (non-hydrogen) atoms. The average molecular weight is 638 g/mol. The van der Waals surface area contributed by atoms with Crippen LogP contribution >= 0.6 is 0 Å². The van der Waals surface area contributed by atoms with E-state index in [4.69, 9.17) is 30.6 Å². The van der Waals surface area contributed by atoms with E-state index < -0.39 is 78.9 Å². The molecule has 0 bridgehead atoms. The van der Waals surface area contributed by atoms with Crippen molar-refractivity contribution in [2.75, 3.05) is 0 Å². The second-order valence-corrected chi connectivity index (χ2v) is 5.34. The first-order chi connectivity index (χ1) is 12.7. The van der Waals surface area contributed by atoms with Gasteiger partial charge in [-0.1, -0.05) is 0 Å². The third-order valence-electron chi connectivity index (χ3n) is 3.08. The van der Waals surface area contributed by atoms with Gasteiger partial charge in [-0.25, -0.2) is 14.4 Å². The Morgan fingerprint density at radius 2 is 0.639 bits per heavy atom. The molecule has 0 aromatic rings. The van der Waals surface area contributed by atoms with Crippen LogP contribution in [0.25, 0.3) is 0 Å². The molecular formula is C13H24Ca2Na6O15. The summed E-state index contributed by atoms with van der Waals surface area (Å²) >= 11 is 0. The summed E-state index contributed by atoms with van der Waals surface area (Å²) in [6, 6.07) is 0. The fourth-order valence-electron chi connectivity index (χ4n) is 1.98. The maximum absolute atomic E-state index is 11.9. The van der Waals surface area contributed by atoms with Gasteiger partial charge in [-0.15, -0.1) is 0 Å². The Balaban J connectivity index is -0.0000000238. The molecule has 0 aliphatic rings. The van der Waals surface area contributed by atoms with Gasteiger partial charge >= 0.3 is 295 Å². The Kier molecular flexibility index (Phi) is 55.0. The van der Waals surface area contributed by atoms with Gasteiger partial charge in [0.15, 0.2) is 0 Å². The van der Waals surface area contributed by atoms with Crippen LogP contribution in [0.5, 0.6) is 0 Å². The van der Waals surface area contributed by atoms with E-state index >= 15 is 0 Å². The number of carboxylic acids is 6. The molecule has 0 aromatic carbocycles. The van der Waals surface area contributed by atoms with E-state index in [0.717, 1.165) is 0 Å². The molecule has 0 radical (unpaired) electrons. The Morgan fingerprint density at radius 1 is 0.472 bits per heavy atom. The van der Waals surface area contributed by atoms with Gasteiger partial charge in [0.25, 0.3) is 0 Å². The van der Waals surface area contributed by atoms with Crippen LogP contribution in [-0.4, -0.2) is 159 Å². The summed E-state index contributed by atoms with van der Waals surface area (Å²) in [5, 5.41) is 53.2. The fraction of sp³-hybridized carbons (Fsp3) is 0.462. The van der Waals surface area contributed by atoms with Crippen molar-refractivity contribution >= 4 is 117 Å². The SMILES string of the molecule is O=C(O)CC(CC(=O)O)(OC(=O)OC(CC(=O)O)(CC(=O)O)C(=O)O)C(=O)O.[Ca+2].[Ca+2].[H-].[H-].[H-].[H-].[H-].[H-].[H-].[H-].[H-].[H-].[Na+].[Na+].[Na+].[Na+].[Na+].[Na+]. The molecule has 0 saturated carbocycles. The van der Waals surface area contributed by atoms with Crippen LogP contribution in [0.2, 0.25) is 0 Å². The van der Waals surface area contributed by atoms with Gasteiger partial charge in [-0.2, -0.15) is 0 Å². The topological polar surface area (TPSA) is 259 Å². The first-order valence-electron chi connectivity index (χ1n) is 6.92. The predicted octanol–water partition coefficient (Wildman–Crippen LogP) is -18.9. The summed E-state index contributed by atoms with van der Waals surface area (Å²) in [4.78, 5) is 77.8. The first kappa shape index (κ1) is 63.8. The summed E-state index contributed by atoms with van der Waals surface area (Å²) in [6.45, 7) is 0. The molecule has 0 spiro atoms. The maximum Gasteiger partial charge on any atom is 2.00 e. The Bertz CT molecular complexity index is 683. The number of hydrogen-bond acceptors (Lipinski definition) is 9. The number of hydrogen-bond donors (Lipinski definition) is 6. The Hall–Kier alpha value is 4.61. The standard InChI is InChI=1S/C13H14O15.2Ca.6Na.10H/c14-5(15)1-12(9(22)23,2-6(16)17)27-11(26)28-13(10(24)25,3-7(18)19)4-8(20)21;;;;;;;;;;;;;;;;;;/h1-4H2,(H,14,15)(H,16,17)(H,18,19)(H,20,21)(H,22,23)(H,24,25);;;;;;;;;;;;;;;;;;/q;2*+2;6*+1;10*-1. The Labute approximate surface area is 411 Å². The molecule has 0 heterocycles. The second-order valence-electron chi connectivity index (χ2n) is 5.34. The quantitative estimate of drug-likeness (QED) is 0.0857. The van der Waals surface area contributed by atoms with Crippen LogP contribution in [-0.2, 0) is 38.2 Å². The van der Waals surface area contributed by atoms with E-state index in [1.54, 1.807) is 0 Å². The van der Waals surface area contributed by atoms with Gasteiger partial charge in [0.1, 0.15) is 0 Å². The van der Waals surface area contributed by atoms with E-state index in [-0.39, 0.29) is 267 Å². The Morgan fingerprint density at radius 3 is 0.750 bits per heavy atom. The summed E-state index contributed by atoms with van der Waals surface area (Å²) in [7, 11) is 0. The predicted molar refractivity (Wildman–Crippen MR) is 99.9 cm³/mol. The molecule has 0 saturated heterocycles. The van der Waals surface area contributed by atoms with E-state index in [2.05, 4.69) is 9.47 Å². The van der Waals surface area contributed by atoms with Gasteiger partial charge in [0, 0.05) is 0 Å². The molecular weight excluding hydrogens is 614 g/mol. The molecule has 0 unspecified atom stereocenters. The third kappa shape index (κ3) is 25.1. The minimum absolute atomic E-state index is 0. The van der Waals surface area contributed by atoms with Crippen LogP contribution in [0, 0.1) is 0 Å². The summed E-state index contributed by atoms with van der Waals surface area (Å²) in [5.41, 5.74) is -6.49. The van der Waals surface area contributed by atoms with Gasteiger partial charge in [0.05, 0.1) is 25.7 Å². The van der Waals surface area contributed by atoms with Crippen molar-refractivity contribution in [2.24, 2.45) is 0 Å². The van der Waals surface area contributed by atoms with Crippen molar-refractivity contribution in [3.63, 3.8) is 0 Å². The van der Waals surface area contributed by atoms with Crippen molar-refractivity contribution in [1.29, 1.82) is 0 Å². The molecule has 6 N–H and O–H groups in total. The first-order valence-corrected chi connectivity index (χ1v) is 6.92. The van der Waals surface area contributed by atoms with Crippen LogP contribution in [0.4, 0.5) is 4.79 Å². The van der Waals surface area contributed by atoms with Gasteiger partial charge in [0.2, 0.25) is 11.2 Å². The molecule has 0 atom stereocenters. The van der Waals surface area contributed by atoms with Crippen LogP contribution in [0.15, 0.2) is 0 Å². The van der Waals surface area contributed by atoms with Crippen LogP contribution in [0.3, 0.4) is 0 Å². The van der Waals surface area contributed by atoms with Gasteiger partial charge in [-0.3, -0.25) is 19.2 Å². The van der Waals surface area contributed by atoms with Crippen LogP contribution in [0.1, 0.15) is 39.9 Å². The van der Waals surface area contributed by atoms with Gasteiger partial charge < -0.3 is 54.4 Å². The minimum atomic E-state index is -3.24. The normalized spacial score (nSPS) is 8.67. The van der Waals surface area contributed by atoms with Crippen LogP contribution < -0.4 is 177 Å². The van der Waals surface area contributed by atoms with Crippen molar-refractivity contribution in [3.05, 3.63) is 0 Å². The minimum Gasteiger partial charge on any atom is -1.00 e. The van der Waals surface area contributed by atoms with Crippen molar-refractivity contribution in [1.82, 2.24) is 0 Å². The number of carboxylic acid groups (broad SMARTS) is 6. The number of aliphatic carboxylic acids is 6. The molecule has 0 aromatic heterocycles. The summed E-state index contributed by atoms with van der Waals surface area (Å²) in [5.74, 6) is -12.2. The fourth-order valence-corrected chi connectivity index (χ4v) is 1.98. The zero-order valence-electron chi connectivity index (χ0n) is 31.1. The van der Waals surface area contributed by atoms with Crippen molar-refractivity contribution in [3.8, 4) is 0 Å². The smallest absolute Gasteiger partial charge is 1.00 e. The summed E-state index contributed by atoms with van der Waals surface area (Å²) < 4.78 is 8.44. The largest absolute Gasteiger partial charge is 2.00 e. The average Bonchev–Trinajstić information content (AvgIpc) is 2.42. The monoisotopic (exact) mass is 638 g/mol. The van der Waals surface area contributed by atoms with E-state index in [9.17, 15) is 33.6 Å². The maximum atomic E-state index is 11.9. The van der Waals surface area contributed by atoms with E-state index in [0.29, 0.717) is 0 Å². The number of rotatable bonds is 12. The molecule has 0 aliphatic heterocycles. The molecule has 23 heteroatoms.